The molecule has 2 aromatic rings. The number of pyridine rings is 1. The number of rotatable bonds is 6. The van der Waals surface area contributed by atoms with Crippen LogP contribution in [0.1, 0.15) is 45.4 Å². The molecule has 26 heavy (non-hydrogen) atoms. The summed E-state index contributed by atoms with van der Waals surface area (Å²) in [5, 5.41) is 11.9. The smallest absolute Gasteiger partial charge is 0.354 e. The lowest BCUT2D eigenvalue weighted by atomic mass is 9.98. The van der Waals surface area contributed by atoms with Crippen LogP contribution in [0.3, 0.4) is 0 Å². The lowest BCUT2D eigenvalue weighted by Crippen LogP contribution is -2.45. The molecule has 0 aliphatic carbocycles. The van der Waals surface area contributed by atoms with Crippen molar-refractivity contribution in [1.82, 2.24) is 15.2 Å². The maximum absolute atomic E-state index is 12.3. The van der Waals surface area contributed by atoms with Crippen molar-refractivity contribution in [1.29, 1.82) is 0 Å². The van der Waals surface area contributed by atoms with E-state index in [1.165, 1.54) is 29.3 Å². The molecule has 0 radical (unpaired) electrons. The first-order chi connectivity index (χ1) is 12.6. The Labute approximate surface area is 152 Å². The van der Waals surface area contributed by atoms with Gasteiger partial charge in [-0.2, -0.15) is 0 Å². The summed E-state index contributed by atoms with van der Waals surface area (Å²) in [7, 11) is 0. The molecule has 1 atom stereocenters. The fourth-order valence-electron chi connectivity index (χ4n) is 3.34. The van der Waals surface area contributed by atoms with Gasteiger partial charge in [0.15, 0.2) is 0 Å². The Bertz CT molecular complexity index is 806. The van der Waals surface area contributed by atoms with Crippen molar-refractivity contribution in [3.8, 4) is 0 Å². The third-order valence-corrected chi connectivity index (χ3v) is 4.85. The van der Waals surface area contributed by atoms with E-state index in [2.05, 4.69) is 46.4 Å². The van der Waals surface area contributed by atoms with Crippen LogP contribution in [0.2, 0.25) is 0 Å². The minimum absolute atomic E-state index is 0.127. The third kappa shape index (κ3) is 4.08. The van der Waals surface area contributed by atoms with Crippen molar-refractivity contribution in [3.05, 3.63) is 65.0 Å². The van der Waals surface area contributed by atoms with Gasteiger partial charge in [-0.25, -0.2) is 9.78 Å². The molecule has 1 aromatic carbocycles. The van der Waals surface area contributed by atoms with Crippen molar-refractivity contribution >= 4 is 11.9 Å². The number of hydrogen-bond donors (Lipinski definition) is 2. The zero-order chi connectivity index (χ0) is 18.5. The molecule has 1 aliphatic rings. The summed E-state index contributed by atoms with van der Waals surface area (Å²) in [5.74, 6) is -1.48. The number of carboxylic acid groups (broad SMARTS) is 1. The van der Waals surface area contributed by atoms with E-state index in [9.17, 15) is 9.59 Å². The molecule has 136 valence electrons. The third-order valence-electron chi connectivity index (χ3n) is 4.85. The second-order valence-corrected chi connectivity index (χ2v) is 6.47. The fourth-order valence-corrected chi connectivity index (χ4v) is 3.34. The summed E-state index contributed by atoms with van der Waals surface area (Å²) < 4.78 is 0. The van der Waals surface area contributed by atoms with Crippen LogP contribution in [0.5, 0.6) is 0 Å². The number of benzene rings is 1. The minimum atomic E-state index is -1.14. The van der Waals surface area contributed by atoms with Crippen LogP contribution in [-0.4, -0.2) is 46.0 Å². The second-order valence-electron chi connectivity index (χ2n) is 6.47. The van der Waals surface area contributed by atoms with Gasteiger partial charge in [0, 0.05) is 25.7 Å². The molecule has 6 nitrogen and oxygen atoms in total. The van der Waals surface area contributed by atoms with Crippen molar-refractivity contribution < 1.29 is 14.7 Å². The van der Waals surface area contributed by atoms with E-state index in [-0.39, 0.29) is 23.3 Å². The number of carbonyl (C=O) groups excluding carboxylic acids is 1. The summed E-state index contributed by atoms with van der Waals surface area (Å²) in [6, 6.07) is 13.1. The average molecular weight is 353 g/mol. The minimum Gasteiger partial charge on any atom is -0.477 e. The predicted molar refractivity (Wildman–Crippen MR) is 98.2 cm³/mol. The summed E-state index contributed by atoms with van der Waals surface area (Å²) in [5.41, 5.74) is 2.75. The largest absolute Gasteiger partial charge is 0.477 e. The van der Waals surface area contributed by atoms with Crippen LogP contribution in [0.25, 0.3) is 0 Å². The van der Waals surface area contributed by atoms with E-state index < -0.39 is 5.97 Å². The Kier molecular flexibility index (Phi) is 5.63. The summed E-state index contributed by atoms with van der Waals surface area (Å²) in [4.78, 5) is 29.6. The van der Waals surface area contributed by atoms with Crippen LogP contribution in [0.15, 0.2) is 42.5 Å². The second kappa shape index (κ2) is 8.10. The normalized spacial score (nSPS) is 15.1. The van der Waals surface area contributed by atoms with E-state index >= 15 is 0 Å². The molecule has 1 aromatic heterocycles. The number of aromatic nitrogens is 1. The Morgan fingerprint density at radius 2 is 1.88 bits per heavy atom. The molecule has 2 heterocycles. The van der Waals surface area contributed by atoms with Gasteiger partial charge in [-0.15, -0.1) is 0 Å². The number of carbonyl (C=O) groups is 2. The molecule has 0 fully saturated rings. The Hall–Kier alpha value is -2.73. The van der Waals surface area contributed by atoms with Crippen molar-refractivity contribution in [2.75, 3.05) is 13.1 Å². The molecule has 6 heteroatoms. The average Bonchev–Trinajstić information content (AvgIpc) is 2.68. The van der Waals surface area contributed by atoms with Gasteiger partial charge in [0.25, 0.3) is 5.91 Å². The SMILES string of the molecule is CCC(CNC(=O)c1cccc(C(=O)O)n1)N1CCc2ccccc2C1. The van der Waals surface area contributed by atoms with Crippen LogP contribution < -0.4 is 5.32 Å². The van der Waals surface area contributed by atoms with Crippen LogP contribution in [-0.2, 0) is 13.0 Å². The molecule has 3 rings (SSSR count). The van der Waals surface area contributed by atoms with Gasteiger partial charge in [0.05, 0.1) is 0 Å². The fraction of sp³-hybridized carbons (Fsp3) is 0.350. The molecular formula is C20H23N3O3. The predicted octanol–water partition coefficient (Wildman–Crippen LogP) is 2.35. The van der Waals surface area contributed by atoms with Gasteiger partial charge < -0.3 is 10.4 Å². The highest BCUT2D eigenvalue weighted by Gasteiger charge is 2.23. The molecular weight excluding hydrogens is 330 g/mol. The number of nitrogens with one attached hydrogen (secondary N) is 1. The van der Waals surface area contributed by atoms with E-state index in [0.717, 1.165) is 25.9 Å². The number of carboxylic acids is 1. The van der Waals surface area contributed by atoms with E-state index in [1.807, 2.05) is 0 Å². The zero-order valence-electron chi connectivity index (χ0n) is 14.8. The maximum atomic E-state index is 12.3. The van der Waals surface area contributed by atoms with Gasteiger partial charge in [-0.3, -0.25) is 9.69 Å². The first kappa shape index (κ1) is 18.1. The van der Waals surface area contributed by atoms with Crippen LogP contribution in [0.4, 0.5) is 0 Å². The van der Waals surface area contributed by atoms with Gasteiger partial charge in [0.1, 0.15) is 11.4 Å². The number of fused-ring (bicyclic) bond motifs is 1. The molecule has 0 spiro atoms. The Morgan fingerprint density at radius 1 is 1.15 bits per heavy atom. The van der Waals surface area contributed by atoms with Gasteiger partial charge in [-0.05, 0) is 36.1 Å². The molecule has 0 saturated heterocycles. The lowest BCUT2D eigenvalue weighted by Gasteiger charge is -2.35. The molecule has 0 saturated carbocycles. The number of aromatic carboxylic acids is 1. The van der Waals surface area contributed by atoms with E-state index in [1.54, 1.807) is 0 Å². The van der Waals surface area contributed by atoms with E-state index in [0.29, 0.717) is 6.54 Å². The van der Waals surface area contributed by atoms with Crippen molar-refractivity contribution in [2.24, 2.45) is 0 Å². The quantitative estimate of drug-likeness (QED) is 0.833. The molecule has 1 unspecified atom stereocenters. The lowest BCUT2D eigenvalue weighted by molar-refractivity contribution is 0.0690. The summed E-state index contributed by atoms with van der Waals surface area (Å²) >= 11 is 0. The standard InChI is InChI=1S/C20H23N3O3/c1-2-16(23-11-10-14-6-3-4-7-15(14)13-23)12-21-19(24)17-8-5-9-18(22-17)20(25)26/h3-9,16H,2,10-13H2,1H3,(H,21,24)(H,25,26). The first-order valence-electron chi connectivity index (χ1n) is 8.88. The summed E-state index contributed by atoms with van der Waals surface area (Å²) in [6.45, 7) is 4.48. The first-order valence-corrected chi connectivity index (χ1v) is 8.88. The number of hydrogen-bond acceptors (Lipinski definition) is 4. The highest BCUT2D eigenvalue weighted by Crippen LogP contribution is 2.21. The molecule has 1 amide bonds. The Balaban J connectivity index is 1.62. The molecule has 2 N–H and O–H groups in total. The Morgan fingerprint density at radius 3 is 2.62 bits per heavy atom. The van der Waals surface area contributed by atoms with Crippen molar-refractivity contribution in [2.45, 2.75) is 32.4 Å². The molecule has 0 bridgehead atoms. The monoisotopic (exact) mass is 353 g/mol. The zero-order valence-corrected chi connectivity index (χ0v) is 14.8. The number of amides is 1. The van der Waals surface area contributed by atoms with Crippen molar-refractivity contribution in [3.63, 3.8) is 0 Å². The highest BCUT2D eigenvalue weighted by atomic mass is 16.4. The van der Waals surface area contributed by atoms with Gasteiger partial charge >= 0.3 is 5.97 Å². The highest BCUT2D eigenvalue weighted by molar-refractivity contribution is 5.94. The van der Waals surface area contributed by atoms with E-state index in [4.69, 9.17) is 5.11 Å². The van der Waals surface area contributed by atoms with Gasteiger partial charge in [-0.1, -0.05) is 37.3 Å². The topological polar surface area (TPSA) is 82.5 Å². The van der Waals surface area contributed by atoms with Gasteiger partial charge in [0.2, 0.25) is 0 Å². The van der Waals surface area contributed by atoms with Crippen LogP contribution in [0, 0.1) is 0 Å². The summed E-state index contributed by atoms with van der Waals surface area (Å²) in [6.07, 6.45) is 1.94. The number of nitrogens with zero attached hydrogens (tertiary/aromatic N) is 2. The molecule has 1 aliphatic heterocycles. The maximum Gasteiger partial charge on any atom is 0.354 e. The van der Waals surface area contributed by atoms with Crippen LogP contribution >= 0.6 is 0 Å².